The maximum Gasteiger partial charge on any atom is 0.243 e. The molecule has 1 aromatic carbocycles. The highest BCUT2D eigenvalue weighted by molar-refractivity contribution is 5.97. The Labute approximate surface area is 109 Å². The van der Waals surface area contributed by atoms with Crippen LogP contribution in [0.3, 0.4) is 0 Å². The minimum Gasteiger partial charge on any atom is -0.311 e. The van der Waals surface area contributed by atoms with Crippen LogP contribution >= 0.6 is 0 Å². The Morgan fingerprint density at radius 2 is 1.94 bits per heavy atom. The molecule has 1 N–H and O–H groups in total. The molecule has 0 aliphatic carbocycles. The van der Waals surface area contributed by atoms with Gasteiger partial charge in [-0.15, -0.1) is 0 Å². The molecule has 0 radical (unpaired) electrons. The van der Waals surface area contributed by atoms with E-state index in [-0.39, 0.29) is 11.9 Å². The van der Waals surface area contributed by atoms with Crippen LogP contribution in [0.1, 0.15) is 25.0 Å². The van der Waals surface area contributed by atoms with Crippen LogP contribution in [-0.4, -0.2) is 25.0 Å². The second kappa shape index (κ2) is 5.11. The van der Waals surface area contributed by atoms with Gasteiger partial charge in [0.2, 0.25) is 5.91 Å². The van der Waals surface area contributed by atoms with Crippen LogP contribution in [0.4, 0.5) is 5.69 Å². The molecule has 3 heteroatoms. The molecule has 0 saturated carbocycles. The van der Waals surface area contributed by atoms with Gasteiger partial charge in [-0.3, -0.25) is 4.79 Å². The fourth-order valence-corrected chi connectivity index (χ4v) is 2.29. The molecule has 0 aromatic heterocycles. The molecule has 1 aliphatic heterocycles. The van der Waals surface area contributed by atoms with Crippen molar-refractivity contribution >= 4 is 11.6 Å². The molecule has 1 heterocycles. The van der Waals surface area contributed by atoms with Crippen LogP contribution in [0.25, 0.3) is 0 Å². The van der Waals surface area contributed by atoms with Crippen LogP contribution in [0.15, 0.2) is 18.2 Å². The van der Waals surface area contributed by atoms with Gasteiger partial charge in [0.05, 0.1) is 6.04 Å². The molecule has 18 heavy (non-hydrogen) atoms. The standard InChI is InChI=1S/C15H22N2O/c1-10-8-16-13(4)15(18)17(9-10)14-6-5-11(2)12(3)7-14/h5-7,10,13,16H,8-9H2,1-4H3. The highest BCUT2D eigenvalue weighted by Crippen LogP contribution is 2.22. The summed E-state index contributed by atoms with van der Waals surface area (Å²) < 4.78 is 0. The van der Waals surface area contributed by atoms with Crippen LogP contribution in [-0.2, 0) is 4.79 Å². The number of benzene rings is 1. The topological polar surface area (TPSA) is 32.3 Å². The van der Waals surface area contributed by atoms with Crippen molar-refractivity contribution in [2.24, 2.45) is 5.92 Å². The fourth-order valence-electron chi connectivity index (χ4n) is 2.29. The van der Waals surface area contributed by atoms with E-state index in [1.165, 1.54) is 11.1 Å². The summed E-state index contributed by atoms with van der Waals surface area (Å²) in [5.41, 5.74) is 3.52. The number of hydrogen-bond acceptors (Lipinski definition) is 2. The third kappa shape index (κ3) is 2.56. The molecule has 1 amide bonds. The number of hydrogen-bond donors (Lipinski definition) is 1. The quantitative estimate of drug-likeness (QED) is 0.824. The average molecular weight is 246 g/mol. The number of amides is 1. The summed E-state index contributed by atoms with van der Waals surface area (Å²) in [6.07, 6.45) is 0. The molecule has 1 aliphatic rings. The van der Waals surface area contributed by atoms with Crippen molar-refractivity contribution in [1.82, 2.24) is 5.32 Å². The monoisotopic (exact) mass is 246 g/mol. The van der Waals surface area contributed by atoms with Crippen molar-refractivity contribution in [1.29, 1.82) is 0 Å². The van der Waals surface area contributed by atoms with Crippen molar-refractivity contribution in [2.75, 3.05) is 18.0 Å². The van der Waals surface area contributed by atoms with Crippen LogP contribution in [0.2, 0.25) is 0 Å². The largest absolute Gasteiger partial charge is 0.311 e. The molecular formula is C15H22N2O. The number of nitrogens with zero attached hydrogens (tertiary/aromatic N) is 1. The molecule has 1 saturated heterocycles. The maximum atomic E-state index is 12.4. The Bertz CT molecular complexity index is 456. The van der Waals surface area contributed by atoms with Crippen molar-refractivity contribution in [3.8, 4) is 0 Å². The fraction of sp³-hybridized carbons (Fsp3) is 0.533. The van der Waals surface area contributed by atoms with Crippen LogP contribution < -0.4 is 10.2 Å². The van der Waals surface area contributed by atoms with E-state index in [9.17, 15) is 4.79 Å². The summed E-state index contributed by atoms with van der Waals surface area (Å²) >= 11 is 0. The first-order valence-electron chi connectivity index (χ1n) is 6.61. The molecule has 0 spiro atoms. The number of rotatable bonds is 1. The first kappa shape index (κ1) is 13.1. The highest BCUT2D eigenvalue weighted by Gasteiger charge is 2.27. The summed E-state index contributed by atoms with van der Waals surface area (Å²) in [4.78, 5) is 14.3. The second-order valence-electron chi connectivity index (χ2n) is 5.45. The normalized spacial score (nSPS) is 25.1. The average Bonchev–Trinajstić information content (AvgIpc) is 2.46. The molecule has 1 aromatic rings. The first-order valence-corrected chi connectivity index (χ1v) is 6.61. The molecule has 98 valence electrons. The third-order valence-electron chi connectivity index (χ3n) is 3.71. The SMILES string of the molecule is Cc1ccc(N2CC(C)CNC(C)C2=O)cc1C. The zero-order valence-electron chi connectivity index (χ0n) is 11.7. The number of aryl methyl sites for hydroxylation is 2. The predicted octanol–water partition coefficient (Wildman–Crippen LogP) is 2.26. The van der Waals surface area contributed by atoms with Gasteiger partial charge in [-0.25, -0.2) is 0 Å². The molecule has 2 rings (SSSR count). The second-order valence-corrected chi connectivity index (χ2v) is 5.45. The Morgan fingerprint density at radius 3 is 2.61 bits per heavy atom. The summed E-state index contributed by atoms with van der Waals surface area (Å²) in [5, 5.41) is 3.28. The highest BCUT2D eigenvalue weighted by atomic mass is 16.2. The van der Waals surface area contributed by atoms with Crippen molar-refractivity contribution < 1.29 is 4.79 Å². The Balaban J connectivity index is 2.33. The molecule has 0 bridgehead atoms. The lowest BCUT2D eigenvalue weighted by Crippen LogP contribution is -2.41. The lowest BCUT2D eigenvalue weighted by atomic mass is 10.1. The van der Waals surface area contributed by atoms with Gasteiger partial charge in [-0.05, 0) is 49.9 Å². The minimum absolute atomic E-state index is 0.100. The summed E-state index contributed by atoms with van der Waals surface area (Å²) in [7, 11) is 0. The zero-order valence-corrected chi connectivity index (χ0v) is 11.7. The number of nitrogens with one attached hydrogen (secondary N) is 1. The summed E-state index contributed by atoms with van der Waals surface area (Å²) in [6, 6.07) is 6.14. The van der Waals surface area contributed by atoms with Crippen LogP contribution in [0, 0.1) is 19.8 Å². The first-order chi connectivity index (χ1) is 8.49. The predicted molar refractivity (Wildman–Crippen MR) is 74.9 cm³/mol. The third-order valence-corrected chi connectivity index (χ3v) is 3.71. The van der Waals surface area contributed by atoms with E-state index in [2.05, 4.69) is 38.2 Å². The van der Waals surface area contributed by atoms with E-state index in [4.69, 9.17) is 0 Å². The zero-order chi connectivity index (χ0) is 13.3. The van der Waals surface area contributed by atoms with E-state index < -0.39 is 0 Å². The van der Waals surface area contributed by atoms with Gasteiger partial charge in [-0.1, -0.05) is 13.0 Å². The lowest BCUT2D eigenvalue weighted by Gasteiger charge is -2.24. The van der Waals surface area contributed by atoms with Gasteiger partial charge in [0.1, 0.15) is 0 Å². The molecule has 2 atom stereocenters. The van der Waals surface area contributed by atoms with Gasteiger partial charge in [0, 0.05) is 18.8 Å². The summed E-state index contributed by atoms with van der Waals surface area (Å²) in [5.74, 6) is 0.642. The van der Waals surface area contributed by atoms with E-state index in [1.54, 1.807) is 0 Å². The van der Waals surface area contributed by atoms with E-state index in [0.29, 0.717) is 5.92 Å². The maximum absolute atomic E-state index is 12.4. The van der Waals surface area contributed by atoms with Gasteiger partial charge in [0.15, 0.2) is 0 Å². The van der Waals surface area contributed by atoms with Crippen molar-refractivity contribution in [3.05, 3.63) is 29.3 Å². The smallest absolute Gasteiger partial charge is 0.243 e. The van der Waals surface area contributed by atoms with Crippen molar-refractivity contribution in [2.45, 2.75) is 33.7 Å². The van der Waals surface area contributed by atoms with E-state index >= 15 is 0 Å². The van der Waals surface area contributed by atoms with Crippen molar-refractivity contribution in [3.63, 3.8) is 0 Å². The molecule has 1 fully saturated rings. The van der Waals surface area contributed by atoms with Gasteiger partial charge < -0.3 is 10.2 Å². The Kier molecular flexibility index (Phi) is 3.71. The van der Waals surface area contributed by atoms with E-state index in [0.717, 1.165) is 18.8 Å². The Hall–Kier alpha value is -1.35. The van der Waals surface area contributed by atoms with Gasteiger partial charge in [-0.2, -0.15) is 0 Å². The van der Waals surface area contributed by atoms with Gasteiger partial charge in [0.25, 0.3) is 0 Å². The lowest BCUT2D eigenvalue weighted by molar-refractivity contribution is -0.119. The summed E-state index contributed by atoms with van der Waals surface area (Å²) in [6.45, 7) is 9.98. The van der Waals surface area contributed by atoms with Crippen LogP contribution in [0.5, 0.6) is 0 Å². The minimum atomic E-state index is -0.100. The van der Waals surface area contributed by atoms with E-state index in [1.807, 2.05) is 17.9 Å². The molecule has 3 nitrogen and oxygen atoms in total. The van der Waals surface area contributed by atoms with Gasteiger partial charge >= 0.3 is 0 Å². The number of carbonyl (C=O) groups is 1. The Morgan fingerprint density at radius 1 is 1.22 bits per heavy atom. The number of anilines is 1. The number of carbonyl (C=O) groups excluding carboxylic acids is 1. The molecule has 2 unspecified atom stereocenters. The molecular weight excluding hydrogens is 224 g/mol.